The van der Waals surface area contributed by atoms with Crippen molar-refractivity contribution in [2.24, 2.45) is 5.92 Å². The summed E-state index contributed by atoms with van der Waals surface area (Å²) in [6.07, 6.45) is 5.21. The van der Waals surface area contributed by atoms with Crippen LogP contribution in [0.25, 0.3) is 10.9 Å². The van der Waals surface area contributed by atoms with Crippen LogP contribution in [0.4, 0.5) is 0 Å². The Hall–Kier alpha value is -2.62. The molecule has 1 aromatic heterocycles. The number of fused-ring (bicyclic) bond motifs is 1. The van der Waals surface area contributed by atoms with Crippen molar-refractivity contribution in [3.05, 3.63) is 35.5 Å². The fraction of sp³-hybridized carbons (Fsp3) is 0.478. The highest BCUT2D eigenvalue weighted by Gasteiger charge is 2.29. The average Bonchev–Trinajstić information content (AvgIpc) is 3.06. The van der Waals surface area contributed by atoms with Gasteiger partial charge in [-0.25, -0.2) is 0 Å². The molecule has 152 valence electrons. The summed E-state index contributed by atoms with van der Waals surface area (Å²) in [5.74, 6) is 6.59. The van der Waals surface area contributed by atoms with Crippen molar-refractivity contribution in [1.29, 1.82) is 0 Å². The van der Waals surface area contributed by atoms with Gasteiger partial charge in [0.05, 0.1) is 12.1 Å². The van der Waals surface area contributed by atoms with E-state index in [0.717, 1.165) is 41.7 Å². The number of aryl methyl sites for hydroxylation is 1. The molecule has 2 fully saturated rings. The van der Waals surface area contributed by atoms with E-state index in [2.05, 4.69) is 22.5 Å². The molecule has 29 heavy (non-hydrogen) atoms. The van der Waals surface area contributed by atoms with Crippen LogP contribution in [-0.2, 0) is 14.3 Å². The summed E-state index contributed by atoms with van der Waals surface area (Å²) in [5, 5.41) is 6.87. The van der Waals surface area contributed by atoms with Crippen molar-refractivity contribution < 1.29 is 14.3 Å². The molecule has 0 bridgehead atoms. The lowest BCUT2D eigenvalue weighted by molar-refractivity contribution is -0.135. The number of carbonyl (C=O) groups excluding carboxylic acids is 2. The third-order valence-corrected chi connectivity index (χ3v) is 5.80. The van der Waals surface area contributed by atoms with Gasteiger partial charge in [0.25, 0.3) is 0 Å². The Morgan fingerprint density at radius 2 is 2.03 bits per heavy atom. The van der Waals surface area contributed by atoms with Crippen LogP contribution in [-0.4, -0.2) is 42.7 Å². The second-order valence-electron chi connectivity index (χ2n) is 7.90. The zero-order valence-electron chi connectivity index (χ0n) is 16.8. The van der Waals surface area contributed by atoms with Gasteiger partial charge in [-0.1, -0.05) is 17.9 Å². The van der Waals surface area contributed by atoms with Crippen LogP contribution in [0.3, 0.4) is 0 Å². The molecule has 1 aromatic carbocycles. The number of hydrogen-bond donors (Lipinski definition) is 2. The molecule has 0 spiro atoms. The van der Waals surface area contributed by atoms with Gasteiger partial charge in [0, 0.05) is 23.6 Å². The van der Waals surface area contributed by atoms with Crippen molar-refractivity contribution in [2.45, 2.75) is 38.6 Å². The van der Waals surface area contributed by atoms with Gasteiger partial charge < -0.3 is 14.6 Å². The first-order chi connectivity index (χ1) is 14.1. The quantitative estimate of drug-likeness (QED) is 0.475. The molecule has 2 aliphatic rings. The molecule has 4 rings (SSSR count). The van der Waals surface area contributed by atoms with E-state index in [-0.39, 0.29) is 17.9 Å². The third kappa shape index (κ3) is 4.36. The minimum Gasteiger partial charge on any atom is -0.368 e. The van der Waals surface area contributed by atoms with Crippen molar-refractivity contribution in [2.75, 3.05) is 26.3 Å². The van der Waals surface area contributed by atoms with Gasteiger partial charge in [-0.05, 0) is 62.9 Å². The van der Waals surface area contributed by atoms with Crippen LogP contribution >= 0.6 is 0 Å². The maximum Gasteiger partial charge on any atom is 0.249 e. The molecule has 6 nitrogen and oxygen atoms in total. The van der Waals surface area contributed by atoms with E-state index >= 15 is 0 Å². The number of amides is 2. The fourth-order valence-corrected chi connectivity index (χ4v) is 4.28. The highest BCUT2D eigenvalue weighted by Crippen LogP contribution is 2.30. The molecule has 6 heteroatoms. The lowest BCUT2D eigenvalue weighted by atomic mass is 9.99. The summed E-state index contributed by atoms with van der Waals surface area (Å²) >= 11 is 0. The standard InChI is InChI=1S/C23H27N3O3/c1-16-14-26(20-7-8-21(27)25-23(20)28)19-6-2-4-18(22(16)19)5-3-13-29-15-17-9-11-24-12-10-17/h2,4,6,14,17,20,24H,7-13,15H2,1H3,(H,25,27,28). The maximum atomic E-state index is 12.3. The van der Waals surface area contributed by atoms with E-state index in [0.29, 0.717) is 25.4 Å². The topological polar surface area (TPSA) is 72.4 Å². The van der Waals surface area contributed by atoms with E-state index in [9.17, 15) is 9.59 Å². The van der Waals surface area contributed by atoms with Crippen LogP contribution in [0.2, 0.25) is 0 Å². The lowest BCUT2D eigenvalue weighted by Gasteiger charge is -2.23. The third-order valence-electron chi connectivity index (χ3n) is 5.80. The summed E-state index contributed by atoms with van der Waals surface area (Å²) in [6, 6.07) is 5.61. The normalized spacial score (nSPS) is 20.4. The highest BCUT2D eigenvalue weighted by atomic mass is 16.5. The van der Waals surface area contributed by atoms with Gasteiger partial charge >= 0.3 is 0 Å². The highest BCUT2D eigenvalue weighted by molar-refractivity contribution is 6.00. The van der Waals surface area contributed by atoms with Gasteiger partial charge in [0.1, 0.15) is 12.6 Å². The summed E-state index contributed by atoms with van der Waals surface area (Å²) in [7, 11) is 0. The van der Waals surface area contributed by atoms with Gasteiger partial charge in [0.15, 0.2) is 0 Å². The molecule has 2 aromatic rings. The van der Waals surface area contributed by atoms with Gasteiger partial charge in [0.2, 0.25) is 11.8 Å². The minimum absolute atomic E-state index is 0.199. The number of carbonyl (C=O) groups is 2. The first kappa shape index (κ1) is 19.7. The van der Waals surface area contributed by atoms with Crippen molar-refractivity contribution in [3.63, 3.8) is 0 Å². The smallest absolute Gasteiger partial charge is 0.249 e. The van der Waals surface area contributed by atoms with E-state index in [1.54, 1.807) is 0 Å². The number of nitrogens with zero attached hydrogens (tertiary/aromatic N) is 1. The number of aromatic nitrogens is 1. The number of ether oxygens (including phenoxy) is 1. The van der Waals surface area contributed by atoms with Gasteiger partial charge in [-0.15, -0.1) is 0 Å². The minimum atomic E-state index is -0.361. The fourth-order valence-electron chi connectivity index (χ4n) is 4.28. The Balaban J connectivity index is 1.49. The number of imide groups is 1. The number of rotatable bonds is 4. The van der Waals surface area contributed by atoms with E-state index in [1.807, 2.05) is 35.9 Å². The first-order valence-electron chi connectivity index (χ1n) is 10.3. The van der Waals surface area contributed by atoms with Crippen LogP contribution in [0.1, 0.15) is 42.9 Å². The second-order valence-corrected chi connectivity index (χ2v) is 7.90. The molecule has 0 radical (unpaired) electrons. The summed E-state index contributed by atoms with van der Waals surface area (Å²) in [6.45, 7) is 5.37. The van der Waals surface area contributed by atoms with E-state index < -0.39 is 0 Å². The van der Waals surface area contributed by atoms with Crippen LogP contribution in [0.5, 0.6) is 0 Å². The summed E-state index contributed by atoms with van der Waals surface area (Å²) in [4.78, 5) is 23.8. The molecule has 2 N–H and O–H groups in total. The zero-order valence-corrected chi connectivity index (χ0v) is 16.8. The molecule has 0 saturated carbocycles. The number of hydrogen-bond acceptors (Lipinski definition) is 4. The van der Waals surface area contributed by atoms with Crippen molar-refractivity contribution >= 4 is 22.7 Å². The Morgan fingerprint density at radius 3 is 2.83 bits per heavy atom. The maximum absolute atomic E-state index is 12.3. The van der Waals surface area contributed by atoms with Crippen molar-refractivity contribution in [3.8, 4) is 11.8 Å². The SMILES string of the molecule is Cc1cn(C2CCC(=O)NC2=O)c2cccc(C#CCOCC3CCNCC3)c12. The molecular weight excluding hydrogens is 366 g/mol. The number of nitrogens with one attached hydrogen (secondary N) is 2. The Morgan fingerprint density at radius 1 is 1.21 bits per heavy atom. The average molecular weight is 393 g/mol. The molecule has 1 unspecified atom stereocenters. The van der Waals surface area contributed by atoms with Gasteiger partial charge in [-0.2, -0.15) is 0 Å². The van der Waals surface area contributed by atoms with Gasteiger partial charge in [-0.3, -0.25) is 14.9 Å². The largest absolute Gasteiger partial charge is 0.368 e. The molecular formula is C23H27N3O3. The molecule has 1 atom stereocenters. The summed E-state index contributed by atoms with van der Waals surface area (Å²) < 4.78 is 7.75. The molecule has 2 amide bonds. The monoisotopic (exact) mass is 393 g/mol. The predicted molar refractivity (Wildman–Crippen MR) is 111 cm³/mol. The summed E-state index contributed by atoms with van der Waals surface area (Å²) in [5.41, 5.74) is 2.99. The van der Waals surface area contributed by atoms with E-state index in [4.69, 9.17) is 4.74 Å². The molecule has 2 aliphatic heterocycles. The molecule has 3 heterocycles. The Kier molecular flexibility index (Phi) is 5.98. The number of piperidine rings is 2. The second kappa shape index (κ2) is 8.81. The Labute approximate surface area is 171 Å². The lowest BCUT2D eigenvalue weighted by Crippen LogP contribution is -2.41. The van der Waals surface area contributed by atoms with E-state index in [1.165, 1.54) is 12.8 Å². The Bertz CT molecular complexity index is 976. The predicted octanol–water partition coefficient (Wildman–Crippen LogP) is 2.30. The molecule has 0 aliphatic carbocycles. The van der Waals surface area contributed by atoms with Crippen LogP contribution < -0.4 is 10.6 Å². The van der Waals surface area contributed by atoms with Crippen molar-refractivity contribution in [1.82, 2.24) is 15.2 Å². The van der Waals surface area contributed by atoms with Crippen LogP contribution in [0, 0.1) is 24.7 Å². The molecule has 2 saturated heterocycles. The van der Waals surface area contributed by atoms with Crippen LogP contribution in [0.15, 0.2) is 24.4 Å². The first-order valence-corrected chi connectivity index (χ1v) is 10.3. The number of benzene rings is 1. The zero-order chi connectivity index (χ0) is 20.2.